The van der Waals surface area contributed by atoms with Gasteiger partial charge in [0.15, 0.2) is 5.76 Å². The van der Waals surface area contributed by atoms with E-state index in [1.807, 2.05) is 12.1 Å². The Morgan fingerprint density at radius 3 is 2.77 bits per heavy atom. The van der Waals surface area contributed by atoms with Crippen LogP contribution in [0, 0.1) is 5.92 Å². The van der Waals surface area contributed by atoms with Crippen LogP contribution in [-0.2, 0) is 9.53 Å². The van der Waals surface area contributed by atoms with Crippen LogP contribution in [0.25, 0.3) is 10.9 Å². The van der Waals surface area contributed by atoms with Crippen molar-refractivity contribution in [3.8, 4) is 0 Å². The second-order valence-corrected chi connectivity index (χ2v) is 8.85. The zero-order valence-electron chi connectivity index (χ0n) is 17.0. The summed E-state index contributed by atoms with van der Waals surface area (Å²) in [6, 6.07) is 5.63. The van der Waals surface area contributed by atoms with Crippen LogP contribution in [0.2, 0.25) is 10.0 Å². The number of aromatic nitrogens is 1. The summed E-state index contributed by atoms with van der Waals surface area (Å²) in [6.07, 6.45) is 3.63. The highest BCUT2D eigenvalue weighted by Gasteiger charge is 2.54. The van der Waals surface area contributed by atoms with Crippen molar-refractivity contribution < 1.29 is 19.4 Å². The normalized spacial score (nSPS) is 25.5. The van der Waals surface area contributed by atoms with Crippen molar-refractivity contribution >= 4 is 46.1 Å². The van der Waals surface area contributed by atoms with Crippen LogP contribution in [0.3, 0.4) is 0 Å². The van der Waals surface area contributed by atoms with E-state index in [1.165, 1.54) is 24.2 Å². The highest BCUT2D eigenvalue weighted by molar-refractivity contribution is 6.42. The van der Waals surface area contributed by atoms with E-state index in [4.69, 9.17) is 27.9 Å². The standard InChI is InChI=1S/C22H23Cl2N3O4/c1-3-4-19(31-2)20(28)26-22-6-5-12(11-27(22)21(29)30)14(10-22)18-8-13-7-15(23)16(24)9-17(13)25-18/h3-4,7-9,12,14,25H,1,5-6,10-11H2,2H3,(H,26,28)(H,29,30). The number of rotatable bonds is 5. The van der Waals surface area contributed by atoms with Crippen LogP contribution < -0.4 is 5.32 Å². The van der Waals surface area contributed by atoms with Crippen LogP contribution in [0.15, 0.2) is 42.7 Å². The summed E-state index contributed by atoms with van der Waals surface area (Å²) in [7, 11) is 1.39. The quantitative estimate of drug-likeness (QED) is 0.334. The predicted molar refractivity (Wildman–Crippen MR) is 119 cm³/mol. The Balaban J connectivity index is 1.69. The molecule has 1 aromatic heterocycles. The number of allylic oxidation sites excluding steroid dienone is 2. The SMILES string of the molecule is C=CC=C(OC)C(=O)NC12CCC(CN1C(=O)O)C(c1cc3cc(Cl)c(Cl)cc3[nH]1)C2. The van der Waals surface area contributed by atoms with Crippen molar-refractivity contribution in [3.63, 3.8) is 0 Å². The predicted octanol–water partition coefficient (Wildman–Crippen LogP) is 4.88. The van der Waals surface area contributed by atoms with Gasteiger partial charge in [-0.3, -0.25) is 9.69 Å². The molecule has 1 aromatic carbocycles. The minimum Gasteiger partial charge on any atom is -0.491 e. The Labute approximate surface area is 189 Å². The van der Waals surface area contributed by atoms with Crippen LogP contribution in [-0.4, -0.2) is 46.3 Å². The second-order valence-electron chi connectivity index (χ2n) is 8.04. The van der Waals surface area contributed by atoms with Gasteiger partial charge in [0.05, 0.1) is 17.2 Å². The third kappa shape index (κ3) is 3.77. The first-order valence-electron chi connectivity index (χ1n) is 9.95. The van der Waals surface area contributed by atoms with Crippen molar-refractivity contribution in [1.82, 2.24) is 15.2 Å². The summed E-state index contributed by atoms with van der Waals surface area (Å²) in [5.41, 5.74) is 0.832. The molecule has 0 radical (unpaired) electrons. The number of ether oxygens (including phenoxy) is 1. The van der Waals surface area contributed by atoms with E-state index >= 15 is 0 Å². The van der Waals surface area contributed by atoms with Crippen LogP contribution in [0.4, 0.5) is 4.79 Å². The molecule has 164 valence electrons. The van der Waals surface area contributed by atoms with Gasteiger partial charge in [-0.15, -0.1) is 0 Å². The lowest BCUT2D eigenvalue weighted by Gasteiger charge is -2.56. The third-order valence-corrected chi connectivity index (χ3v) is 7.08. The van der Waals surface area contributed by atoms with E-state index in [-0.39, 0.29) is 17.6 Å². The number of H-pyrrole nitrogens is 1. The molecule has 5 rings (SSSR count). The topological polar surface area (TPSA) is 94.7 Å². The van der Waals surface area contributed by atoms with Crippen molar-refractivity contribution in [2.75, 3.05) is 13.7 Å². The monoisotopic (exact) mass is 463 g/mol. The van der Waals surface area contributed by atoms with E-state index in [2.05, 4.69) is 16.9 Å². The first-order valence-corrected chi connectivity index (χ1v) is 10.7. The molecule has 3 unspecified atom stereocenters. The maximum atomic E-state index is 12.8. The highest BCUT2D eigenvalue weighted by atomic mass is 35.5. The number of carboxylic acid groups (broad SMARTS) is 1. The third-order valence-electron chi connectivity index (χ3n) is 6.36. The molecule has 2 bridgehead atoms. The molecule has 3 heterocycles. The maximum Gasteiger partial charge on any atom is 0.409 e. The molecule has 3 fully saturated rings. The van der Waals surface area contributed by atoms with Gasteiger partial charge in [0.2, 0.25) is 0 Å². The largest absolute Gasteiger partial charge is 0.491 e. The van der Waals surface area contributed by atoms with Gasteiger partial charge in [-0.2, -0.15) is 0 Å². The summed E-state index contributed by atoms with van der Waals surface area (Å²) in [5, 5.41) is 14.7. The van der Waals surface area contributed by atoms with E-state index in [0.29, 0.717) is 29.4 Å². The summed E-state index contributed by atoms with van der Waals surface area (Å²) < 4.78 is 5.15. The minimum absolute atomic E-state index is 0.0454. The fraction of sp³-hybridized carbons (Fsp3) is 0.364. The molecule has 2 amide bonds. The van der Waals surface area contributed by atoms with Crippen molar-refractivity contribution in [2.24, 2.45) is 5.92 Å². The number of carbonyl (C=O) groups is 2. The van der Waals surface area contributed by atoms with Crippen molar-refractivity contribution in [3.05, 3.63) is 58.4 Å². The molecule has 1 saturated carbocycles. The van der Waals surface area contributed by atoms with E-state index < -0.39 is 17.7 Å². The maximum absolute atomic E-state index is 12.8. The smallest absolute Gasteiger partial charge is 0.409 e. The molecule has 7 nitrogen and oxygen atoms in total. The number of piperidine rings is 2. The Morgan fingerprint density at radius 1 is 1.35 bits per heavy atom. The number of amides is 2. The fourth-order valence-electron chi connectivity index (χ4n) is 4.90. The lowest BCUT2D eigenvalue weighted by molar-refractivity contribution is -0.129. The average Bonchev–Trinajstić information content (AvgIpc) is 3.14. The van der Waals surface area contributed by atoms with Crippen molar-refractivity contribution in [1.29, 1.82) is 0 Å². The lowest BCUT2D eigenvalue weighted by atomic mass is 9.67. The summed E-state index contributed by atoms with van der Waals surface area (Å²) in [4.78, 5) is 29.6. The second kappa shape index (κ2) is 8.13. The number of halogens is 2. The molecule has 3 atom stereocenters. The van der Waals surface area contributed by atoms with E-state index in [1.54, 1.807) is 6.07 Å². The van der Waals surface area contributed by atoms with Crippen molar-refractivity contribution in [2.45, 2.75) is 30.8 Å². The fourth-order valence-corrected chi connectivity index (χ4v) is 5.24. The number of carbonyl (C=O) groups excluding carboxylic acids is 1. The number of hydrogen-bond acceptors (Lipinski definition) is 3. The Morgan fingerprint density at radius 2 is 2.10 bits per heavy atom. The number of fused-ring (bicyclic) bond motifs is 4. The number of hydrogen-bond donors (Lipinski definition) is 3. The molecule has 9 heteroatoms. The first kappa shape index (κ1) is 21.6. The van der Waals surface area contributed by atoms with E-state index in [9.17, 15) is 14.7 Å². The van der Waals surface area contributed by atoms with Gasteiger partial charge < -0.3 is 20.1 Å². The zero-order chi connectivity index (χ0) is 22.3. The molecule has 2 aromatic rings. The Kier molecular flexibility index (Phi) is 5.66. The first-order chi connectivity index (χ1) is 14.8. The van der Waals surface area contributed by atoms with Gasteiger partial charge in [0, 0.05) is 29.1 Å². The van der Waals surface area contributed by atoms with E-state index in [0.717, 1.165) is 23.0 Å². The molecule has 3 N–H and O–H groups in total. The number of aromatic amines is 1. The molecule has 2 saturated heterocycles. The molecule has 0 spiro atoms. The number of methoxy groups -OCH3 is 1. The lowest BCUT2D eigenvalue weighted by Crippen LogP contribution is -2.69. The number of nitrogens with zero attached hydrogens (tertiary/aromatic N) is 1. The van der Waals surface area contributed by atoms with Crippen LogP contribution in [0.1, 0.15) is 30.9 Å². The van der Waals surface area contributed by atoms with Gasteiger partial charge in [-0.1, -0.05) is 35.9 Å². The summed E-state index contributed by atoms with van der Waals surface area (Å²) in [6.45, 7) is 3.93. The Bertz CT molecular complexity index is 1060. The van der Waals surface area contributed by atoms with Gasteiger partial charge >= 0.3 is 6.09 Å². The molecule has 2 aliphatic heterocycles. The summed E-state index contributed by atoms with van der Waals surface area (Å²) in [5.74, 6) is -0.208. The summed E-state index contributed by atoms with van der Waals surface area (Å²) >= 11 is 12.3. The van der Waals surface area contributed by atoms with Crippen LogP contribution >= 0.6 is 23.2 Å². The number of benzene rings is 1. The van der Waals surface area contributed by atoms with Gasteiger partial charge in [0.1, 0.15) is 5.66 Å². The van der Waals surface area contributed by atoms with Crippen LogP contribution in [0.5, 0.6) is 0 Å². The van der Waals surface area contributed by atoms with Gasteiger partial charge in [0.25, 0.3) is 5.91 Å². The zero-order valence-corrected chi connectivity index (χ0v) is 18.5. The highest BCUT2D eigenvalue weighted by Crippen LogP contribution is 2.50. The minimum atomic E-state index is -1.05. The Hall–Kier alpha value is -2.64. The van der Waals surface area contributed by atoms with Gasteiger partial charge in [-0.25, -0.2) is 4.79 Å². The average molecular weight is 464 g/mol. The van der Waals surface area contributed by atoms with Gasteiger partial charge in [-0.05, 0) is 49.5 Å². The molecule has 1 aliphatic carbocycles. The molecular weight excluding hydrogens is 441 g/mol. The molecule has 31 heavy (non-hydrogen) atoms. The molecular formula is C22H23Cl2N3O4. The molecule has 3 aliphatic rings. The number of nitrogens with one attached hydrogen (secondary N) is 2.